The molecule has 3 aliphatic heterocycles. The van der Waals surface area contributed by atoms with Gasteiger partial charge in [-0.15, -0.1) is 0 Å². The Hall–Kier alpha value is -4.25. The van der Waals surface area contributed by atoms with Gasteiger partial charge >= 0.3 is 0 Å². The summed E-state index contributed by atoms with van der Waals surface area (Å²) in [6.45, 7) is 6.37. The topological polar surface area (TPSA) is 126 Å². The van der Waals surface area contributed by atoms with Crippen molar-refractivity contribution in [2.45, 2.75) is 43.2 Å². The van der Waals surface area contributed by atoms with Gasteiger partial charge in [0, 0.05) is 68.6 Å². The van der Waals surface area contributed by atoms with Gasteiger partial charge in [0.1, 0.15) is 16.9 Å². The van der Waals surface area contributed by atoms with Crippen molar-refractivity contribution in [3.05, 3.63) is 94.4 Å². The number of Topliss-reactive ketones (excluding diaryl/α,β-unsaturated/α-hetero) is 1. The summed E-state index contributed by atoms with van der Waals surface area (Å²) in [4.78, 5) is 52.1. The molecule has 226 valence electrons. The zero-order chi connectivity index (χ0) is 30.3. The van der Waals surface area contributed by atoms with Crippen molar-refractivity contribution < 1.29 is 19.1 Å². The van der Waals surface area contributed by atoms with E-state index in [-0.39, 0.29) is 35.8 Å². The van der Waals surface area contributed by atoms with E-state index in [0.717, 1.165) is 38.2 Å². The zero-order valence-electron chi connectivity index (χ0n) is 24.7. The molecule has 3 aromatic rings. The lowest BCUT2D eigenvalue weighted by Crippen LogP contribution is -2.55. The van der Waals surface area contributed by atoms with Gasteiger partial charge in [-0.3, -0.25) is 24.3 Å². The van der Waals surface area contributed by atoms with Crippen molar-refractivity contribution in [2.24, 2.45) is 0 Å². The van der Waals surface area contributed by atoms with Crippen LogP contribution in [0.15, 0.2) is 60.9 Å². The molecule has 4 unspecified atom stereocenters. The molecule has 3 N–H and O–H groups in total. The van der Waals surface area contributed by atoms with Crippen molar-refractivity contribution in [3.63, 3.8) is 0 Å². The Labute approximate surface area is 256 Å². The Morgan fingerprint density at radius 3 is 2.77 bits per heavy atom. The lowest BCUT2D eigenvalue weighted by atomic mass is 9.78. The summed E-state index contributed by atoms with van der Waals surface area (Å²) < 4.78 is 5.80. The van der Waals surface area contributed by atoms with Crippen LogP contribution in [-0.4, -0.2) is 83.9 Å². The molecule has 1 aliphatic carbocycles. The molecule has 5 heterocycles. The van der Waals surface area contributed by atoms with E-state index in [1.165, 1.54) is 11.8 Å². The number of anilines is 1. The number of benzene rings is 1. The monoisotopic (exact) mass is 592 g/mol. The number of piperidine rings is 1. The SMILES string of the molecule is CC1C(c2ccccc2)CC2CN1CCNCCOC/C=C\c1cnc3c(c1)[C@]1(Cc4cc(cnc4C1=O)C(=O)N2)C(=O)N3. The van der Waals surface area contributed by atoms with Crippen LogP contribution in [0, 0.1) is 0 Å². The zero-order valence-corrected chi connectivity index (χ0v) is 24.7. The number of pyridine rings is 2. The Bertz CT molecular complexity index is 1640. The molecule has 1 spiro atoms. The second-order valence-corrected chi connectivity index (χ2v) is 12.1. The van der Waals surface area contributed by atoms with Crippen LogP contribution in [0.2, 0.25) is 0 Å². The quantitative estimate of drug-likeness (QED) is 0.369. The van der Waals surface area contributed by atoms with Gasteiger partial charge < -0.3 is 20.7 Å². The molecule has 0 radical (unpaired) electrons. The number of nitrogens with one attached hydrogen (secondary N) is 3. The molecule has 2 aromatic heterocycles. The minimum absolute atomic E-state index is 0.0740. The van der Waals surface area contributed by atoms with Crippen LogP contribution in [0.1, 0.15) is 62.4 Å². The first-order valence-corrected chi connectivity index (χ1v) is 15.3. The van der Waals surface area contributed by atoms with E-state index in [0.29, 0.717) is 41.8 Å². The fourth-order valence-electron chi connectivity index (χ4n) is 7.17. The summed E-state index contributed by atoms with van der Waals surface area (Å²) in [6.07, 6.45) is 7.85. The Morgan fingerprint density at radius 1 is 1.05 bits per heavy atom. The first-order chi connectivity index (χ1) is 21.4. The molecule has 1 aromatic carbocycles. The lowest BCUT2D eigenvalue weighted by molar-refractivity contribution is -0.119. The number of rotatable bonds is 1. The van der Waals surface area contributed by atoms with Gasteiger partial charge in [0.25, 0.3) is 5.91 Å². The van der Waals surface area contributed by atoms with Crippen LogP contribution in [0.5, 0.6) is 0 Å². The summed E-state index contributed by atoms with van der Waals surface area (Å²) in [5.74, 6) is -0.375. The van der Waals surface area contributed by atoms with Crippen LogP contribution in [-0.2, 0) is 21.4 Å². The highest BCUT2D eigenvalue weighted by molar-refractivity contribution is 6.27. The first kappa shape index (κ1) is 28.5. The molecule has 7 rings (SSSR count). The van der Waals surface area contributed by atoms with Gasteiger partial charge in [-0.1, -0.05) is 42.5 Å². The maximum absolute atomic E-state index is 13.8. The lowest BCUT2D eigenvalue weighted by Gasteiger charge is -2.44. The van der Waals surface area contributed by atoms with Gasteiger partial charge in [-0.25, -0.2) is 4.98 Å². The van der Waals surface area contributed by atoms with Crippen LogP contribution < -0.4 is 16.0 Å². The standard InChI is InChI=1S/C34H36N6O4/c1-21-27(23-7-3-2-4-8-23)16-26-20-40(21)11-9-35-10-13-44-12-5-6-22-14-28-31(37-18-22)39-33(43)34(28)17-24-15-25(32(42)38-26)19-36-29(24)30(34)41/h2-8,14-15,18-19,21,26-27,35H,9-13,16-17,20H2,1H3,(H,38,42)(H,37,39,43)/b6-5-/t21?,26?,27?,34-/m0/s1. The fraction of sp³-hybridized carbons (Fsp3) is 0.382. The number of hydrogen-bond acceptors (Lipinski definition) is 8. The molecule has 1 fully saturated rings. The summed E-state index contributed by atoms with van der Waals surface area (Å²) in [5, 5.41) is 9.55. The molecule has 44 heavy (non-hydrogen) atoms. The van der Waals surface area contributed by atoms with Crippen molar-refractivity contribution in [1.29, 1.82) is 0 Å². The molecule has 1 saturated heterocycles. The van der Waals surface area contributed by atoms with Gasteiger partial charge in [0.05, 0.1) is 18.8 Å². The predicted molar refractivity (Wildman–Crippen MR) is 166 cm³/mol. The summed E-state index contributed by atoms with van der Waals surface area (Å²) in [5.41, 5.74) is 2.32. The number of carbonyl (C=O) groups is 3. The third kappa shape index (κ3) is 5.02. The van der Waals surface area contributed by atoms with Gasteiger partial charge in [0.2, 0.25) is 11.7 Å². The van der Waals surface area contributed by atoms with E-state index in [4.69, 9.17) is 4.74 Å². The number of carbonyl (C=O) groups excluding carboxylic acids is 3. The third-order valence-corrected chi connectivity index (χ3v) is 9.51. The Morgan fingerprint density at radius 2 is 1.91 bits per heavy atom. The van der Waals surface area contributed by atoms with Crippen molar-refractivity contribution in [1.82, 2.24) is 25.5 Å². The molecule has 7 bridgehead atoms. The van der Waals surface area contributed by atoms with Crippen LogP contribution >= 0.6 is 0 Å². The van der Waals surface area contributed by atoms with E-state index < -0.39 is 11.3 Å². The highest BCUT2D eigenvalue weighted by Crippen LogP contribution is 2.46. The molecular weight excluding hydrogens is 556 g/mol. The smallest absolute Gasteiger partial charge is 0.253 e. The van der Waals surface area contributed by atoms with Crippen molar-refractivity contribution in [3.8, 4) is 0 Å². The van der Waals surface area contributed by atoms with E-state index >= 15 is 0 Å². The number of aromatic nitrogens is 2. The van der Waals surface area contributed by atoms with Gasteiger partial charge in [-0.05, 0) is 42.2 Å². The van der Waals surface area contributed by atoms with E-state index in [1.807, 2.05) is 24.3 Å². The van der Waals surface area contributed by atoms with Crippen LogP contribution in [0.3, 0.4) is 0 Å². The molecule has 10 heteroatoms. The first-order valence-electron chi connectivity index (χ1n) is 15.3. The molecular formula is C34H36N6O4. The number of fused-ring (bicyclic) bond motifs is 4. The molecule has 2 amide bonds. The second-order valence-electron chi connectivity index (χ2n) is 12.1. The summed E-state index contributed by atoms with van der Waals surface area (Å²) >= 11 is 0. The maximum atomic E-state index is 13.8. The number of amides is 2. The van der Waals surface area contributed by atoms with Crippen LogP contribution in [0.25, 0.3) is 6.08 Å². The minimum atomic E-state index is -1.45. The van der Waals surface area contributed by atoms with Crippen molar-refractivity contribution >= 4 is 29.5 Å². The van der Waals surface area contributed by atoms with Crippen LogP contribution in [0.4, 0.5) is 5.82 Å². The number of ketones is 1. The molecule has 0 saturated carbocycles. The number of hydrogen-bond donors (Lipinski definition) is 3. The highest BCUT2D eigenvalue weighted by Gasteiger charge is 2.58. The normalized spacial score (nSPS) is 29.3. The van der Waals surface area contributed by atoms with Gasteiger partial charge in [0.15, 0.2) is 0 Å². The average Bonchev–Trinajstić information content (AvgIpc) is 3.49. The molecule has 4 aliphatic rings. The van der Waals surface area contributed by atoms with Crippen molar-refractivity contribution in [2.75, 3.05) is 44.7 Å². The maximum Gasteiger partial charge on any atom is 0.253 e. The average molecular weight is 593 g/mol. The largest absolute Gasteiger partial charge is 0.376 e. The second kappa shape index (κ2) is 11.7. The number of ether oxygens (including phenoxy) is 1. The molecule has 10 nitrogen and oxygen atoms in total. The Kier molecular flexibility index (Phi) is 7.57. The summed E-state index contributed by atoms with van der Waals surface area (Å²) in [7, 11) is 0. The minimum Gasteiger partial charge on any atom is -0.376 e. The fourth-order valence-corrected chi connectivity index (χ4v) is 7.17. The predicted octanol–water partition coefficient (Wildman–Crippen LogP) is 2.71. The highest BCUT2D eigenvalue weighted by atomic mass is 16.5. The van der Waals surface area contributed by atoms with E-state index in [2.05, 4.69) is 62.0 Å². The summed E-state index contributed by atoms with van der Waals surface area (Å²) in [6, 6.07) is 14.3. The third-order valence-electron chi connectivity index (χ3n) is 9.51. The number of nitrogens with zero attached hydrogens (tertiary/aromatic N) is 3. The van der Waals surface area contributed by atoms with Gasteiger partial charge in [-0.2, -0.15) is 0 Å². The Balaban J connectivity index is 1.21. The molecule has 5 atom stereocenters. The van der Waals surface area contributed by atoms with E-state index in [1.54, 1.807) is 12.3 Å². The van der Waals surface area contributed by atoms with E-state index in [9.17, 15) is 14.4 Å².